The van der Waals surface area contributed by atoms with Crippen molar-refractivity contribution in [3.05, 3.63) is 59.7 Å². The first-order valence-electron chi connectivity index (χ1n) is 6.56. The first kappa shape index (κ1) is 15.4. The van der Waals surface area contributed by atoms with Gasteiger partial charge in [0, 0.05) is 17.1 Å². The molecule has 0 aliphatic carbocycles. The Hall–Kier alpha value is -1.98. The van der Waals surface area contributed by atoms with Crippen LogP contribution in [-0.2, 0) is 0 Å². The molecule has 0 saturated carbocycles. The number of thioether (sulfide) groups is 1. The van der Waals surface area contributed by atoms with E-state index < -0.39 is 6.10 Å². The number of anilines is 1. The van der Waals surface area contributed by atoms with E-state index in [-0.39, 0.29) is 12.5 Å². The van der Waals surface area contributed by atoms with Crippen molar-refractivity contribution < 1.29 is 9.90 Å². The van der Waals surface area contributed by atoms with E-state index in [4.69, 9.17) is 5.73 Å². The molecule has 0 saturated heterocycles. The largest absolute Gasteiger partial charge is 0.399 e. The summed E-state index contributed by atoms with van der Waals surface area (Å²) in [4.78, 5) is 13.1. The average molecular weight is 302 g/mol. The van der Waals surface area contributed by atoms with E-state index in [2.05, 4.69) is 5.32 Å². The number of benzene rings is 2. The second-order valence-corrected chi connectivity index (χ2v) is 5.44. The number of nitrogens with two attached hydrogens (primary N) is 1. The number of hydrogen-bond acceptors (Lipinski definition) is 4. The van der Waals surface area contributed by atoms with Gasteiger partial charge in [0.05, 0.1) is 11.7 Å². The Morgan fingerprint density at radius 1 is 1.24 bits per heavy atom. The minimum absolute atomic E-state index is 0.158. The molecule has 0 aromatic heterocycles. The summed E-state index contributed by atoms with van der Waals surface area (Å²) in [6.07, 6.45) is 1.17. The number of rotatable bonds is 5. The van der Waals surface area contributed by atoms with Crippen LogP contribution < -0.4 is 11.1 Å². The summed E-state index contributed by atoms with van der Waals surface area (Å²) in [5, 5.41) is 12.8. The Kier molecular flexibility index (Phi) is 5.25. The van der Waals surface area contributed by atoms with Gasteiger partial charge in [-0.15, -0.1) is 11.8 Å². The SMILES string of the molecule is CSc1ccccc1C(=O)NCC(O)c1ccc(N)cc1. The number of carbonyl (C=O) groups is 1. The summed E-state index contributed by atoms with van der Waals surface area (Å²) in [6.45, 7) is 0.158. The maximum absolute atomic E-state index is 12.2. The van der Waals surface area contributed by atoms with Crippen LogP contribution in [0.4, 0.5) is 5.69 Å². The lowest BCUT2D eigenvalue weighted by Gasteiger charge is -2.13. The van der Waals surface area contributed by atoms with Crippen LogP contribution in [0.15, 0.2) is 53.4 Å². The minimum Gasteiger partial charge on any atom is -0.399 e. The molecule has 1 unspecified atom stereocenters. The highest BCUT2D eigenvalue weighted by atomic mass is 32.2. The number of hydrogen-bond donors (Lipinski definition) is 3. The zero-order valence-electron chi connectivity index (χ0n) is 11.7. The first-order valence-corrected chi connectivity index (χ1v) is 7.79. The monoisotopic (exact) mass is 302 g/mol. The summed E-state index contributed by atoms with van der Waals surface area (Å²) >= 11 is 1.52. The second-order valence-electron chi connectivity index (χ2n) is 4.59. The predicted octanol–water partition coefficient (Wildman–Crippen LogP) is 2.45. The van der Waals surface area contributed by atoms with E-state index in [9.17, 15) is 9.90 Å². The van der Waals surface area contributed by atoms with Crippen molar-refractivity contribution in [2.75, 3.05) is 18.5 Å². The first-order chi connectivity index (χ1) is 10.1. The molecule has 4 N–H and O–H groups in total. The van der Waals surface area contributed by atoms with E-state index >= 15 is 0 Å². The van der Waals surface area contributed by atoms with Crippen molar-refractivity contribution in [1.82, 2.24) is 5.32 Å². The van der Waals surface area contributed by atoms with Gasteiger partial charge in [0.1, 0.15) is 0 Å². The molecule has 5 heteroatoms. The number of aliphatic hydroxyl groups excluding tert-OH is 1. The van der Waals surface area contributed by atoms with Gasteiger partial charge in [0.15, 0.2) is 0 Å². The molecule has 2 rings (SSSR count). The van der Waals surface area contributed by atoms with Crippen molar-refractivity contribution in [2.24, 2.45) is 0 Å². The third-order valence-electron chi connectivity index (χ3n) is 3.13. The van der Waals surface area contributed by atoms with Crippen molar-refractivity contribution >= 4 is 23.4 Å². The second kappa shape index (κ2) is 7.15. The van der Waals surface area contributed by atoms with Crippen LogP contribution in [-0.4, -0.2) is 23.8 Å². The molecule has 1 amide bonds. The van der Waals surface area contributed by atoms with Crippen LogP contribution in [0.25, 0.3) is 0 Å². The highest BCUT2D eigenvalue weighted by molar-refractivity contribution is 7.98. The van der Waals surface area contributed by atoms with E-state index in [0.29, 0.717) is 11.3 Å². The van der Waals surface area contributed by atoms with E-state index in [1.165, 1.54) is 11.8 Å². The maximum atomic E-state index is 12.2. The number of aliphatic hydroxyl groups is 1. The normalized spacial score (nSPS) is 11.9. The predicted molar refractivity (Wildman–Crippen MR) is 86.4 cm³/mol. The maximum Gasteiger partial charge on any atom is 0.252 e. The number of carbonyl (C=O) groups excluding carboxylic acids is 1. The highest BCUT2D eigenvalue weighted by Gasteiger charge is 2.13. The Morgan fingerprint density at radius 2 is 1.90 bits per heavy atom. The molecule has 0 aliphatic rings. The topological polar surface area (TPSA) is 75.3 Å². The molecular weight excluding hydrogens is 284 g/mol. The van der Waals surface area contributed by atoms with Gasteiger partial charge in [0.2, 0.25) is 0 Å². The van der Waals surface area contributed by atoms with Gasteiger partial charge >= 0.3 is 0 Å². The molecule has 0 bridgehead atoms. The summed E-state index contributed by atoms with van der Waals surface area (Å²) in [5.41, 5.74) is 7.59. The lowest BCUT2D eigenvalue weighted by molar-refractivity contribution is 0.0913. The Morgan fingerprint density at radius 3 is 2.57 bits per heavy atom. The Bertz CT molecular complexity index is 614. The zero-order chi connectivity index (χ0) is 15.2. The van der Waals surface area contributed by atoms with Crippen molar-refractivity contribution in [1.29, 1.82) is 0 Å². The number of nitrogen functional groups attached to an aromatic ring is 1. The molecule has 0 fully saturated rings. The number of amides is 1. The molecule has 2 aromatic carbocycles. The van der Waals surface area contributed by atoms with E-state index in [1.807, 2.05) is 24.5 Å². The Balaban J connectivity index is 1.99. The van der Waals surface area contributed by atoms with Crippen molar-refractivity contribution in [3.63, 3.8) is 0 Å². The van der Waals surface area contributed by atoms with Crippen molar-refractivity contribution in [2.45, 2.75) is 11.0 Å². The molecule has 110 valence electrons. The molecule has 2 aromatic rings. The van der Waals surface area contributed by atoms with Crippen LogP contribution in [0.5, 0.6) is 0 Å². The fraction of sp³-hybridized carbons (Fsp3) is 0.188. The van der Waals surface area contributed by atoms with Gasteiger partial charge in [-0.05, 0) is 36.1 Å². The van der Waals surface area contributed by atoms with Gasteiger partial charge in [-0.25, -0.2) is 0 Å². The molecule has 0 aliphatic heterocycles. The van der Waals surface area contributed by atoms with Gasteiger partial charge in [0.25, 0.3) is 5.91 Å². The third-order valence-corrected chi connectivity index (χ3v) is 3.92. The minimum atomic E-state index is -0.754. The summed E-state index contributed by atoms with van der Waals surface area (Å²) < 4.78 is 0. The third kappa shape index (κ3) is 4.00. The quantitative estimate of drug-likeness (QED) is 0.586. The van der Waals surface area contributed by atoms with E-state index in [1.54, 1.807) is 30.3 Å². The summed E-state index contributed by atoms with van der Waals surface area (Å²) in [6, 6.07) is 14.3. The van der Waals surface area contributed by atoms with Crippen molar-refractivity contribution in [3.8, 4) is 0 Å². The molecular formula is C16H18N2O2S. The van der Waals surface area contributed by atoms with Crippen LogP contribution in [0.2, 0.25) is 0 Å². The molecule has 0 radical (unpaired) electrons. The van der Waals surface area contributed by atoms with Crippen LogP contribution >= 0.6 is 11.8 Å². The van der Waals surface area contributed by atoms with Gasteiger partial charge in [-0.3, -0.25) is 4.79 Å². The molecule has 1 atom stereocenters. The van der Waals surface area contributed by atoms with Gasteiger partial charge in [-0.1, -0.05) is 24.3 Å². The molecule has 0 spiro atoms. The fourth-order valence-electron chi connectivity index (χ4n) is 1.95. The standard InChI is InChI=1S/C16H18N2O2S/c1-21-15-5-3-2-4-13(15)16(20)18-10-14(19)11-6-8-12(17)9-7-11/h2-9,14,19H,10,17H2,1H3,(H,18,20). The zero-order valence-corrected chi connectivity index (χ0v) is 12.6. The van der Waals surface area contributed by atoms with E-state index in [0.717, 1.165) is 10.5 Å². The summed E-state index contributed by atoms with van der Waals surface area (Å²) in [7, 11) is 0. The fourth-order valence-corrected chi connectivity index (χ4v) is 2.55. The summed E-state index contributed by atoms with van der Waals surface area (Å²) in [5.74, 6) is -0.186. The highest BCUT2D eigenvalue weighted by Crippen LogP contribution is 2.20. The average Bonchev–Trinajstić information content (AvgIpc) is 2.52. The lowest BCUT2D eigenvalue weighted by atomic mass is 10.1. The molecule has 0 heterocycles. The molecule has 4 nitrogen and oxygen atoms in total. The Labute approximate surface area is 128 Å². The van der Waals surface area contributed by atoms with Crippen LogP contribution in [0.1, 0.15) is 22.0 Å². The molecule has 21 heavy (non-hydrogen) atoms. The number of nitrogens with one attached hydrogen (secondary N) is 1. The smallest absolute Gasteiger partial charge is 0.252 e. The van der Waals surface area contributed by atoms with Gasteiger partial charge in [-0.2, -0.15) is 0 Å². The lowest BCUT2D eigenvalue weighted by Crippen LogP contribution is -2.28. The van der Waals surface area contributed by atoms with Gasteiger partial charge < -0.3 is 16.2 Å². The van der Waals surface area contributed by atoms with Crippen LogP contribution in [0.3, 0.4) is 0 Å². The van der Waals surface area contributed by atoms with Crippen LogP contribution in [0, 0.1) is 0 Å².